The molecule has 0 saturated heterocycles. The molecule has 2 heterocycles. The zero-order chi connectivity index (χ0) is 24.9. The van der Waals surface area contributed by atoms with E-state index in [1.165, 1.54) is 21.7 Å². The van der Waals surface area contributed by atoms with Gasteiger partial charge in [-0.25, -0.2) is 9.78 Å². The Kier molecular flexibility index (Phi) is 6.60. The van der Waals surface area contributed by atoms with Crippen molar-refractivity contribution >= 4 is 43.4 Å². The van der Waals surface area contributed by atoms with Crippen molar-refractivity contribution in [3.05, 3.63) is 23.0 Å². The maximum atomic E-state index is 13.0. The molecule has 3 rings (SSSR count). The lowest BCUT2D eigenvalue weighted by Crippen LogP contribution is -2.42. The van der Waals surface area contributed by atoms with Crippen LogP contribution in [-0.2, 0) is 9.16 Å². The van der Waals surface area contributed by atoms with Crippen molar-refractivity contribution in [1.82, 2.24) is 19.9 Å². The predicted octanol–water partition coefficient (Wildman–Crippen LogP) is 4.65. The summed E-state index contributed by atoms with van der Waals surface area (Å²) in [6.07, 6.45) is 1.64. The first-order valence-corrected chi connectivity index (χ1v) is 14.3. The fourth-order valence-corrected chi connectivity index (χ4v) is 4.55. The summed E-state index contributed by atoms with van der Waals surface area (Å²) in [5.41, 5.74) is -0.133. The van der Waals surface area contributed by atoms with Gasteiger partial charge in [-0.2, -0.15) is 9.61 Å². The fourth-order valence-electron chi connectivity index (χ4n) is 3.00. The molecule has 2 atom stereocenters. The number of amides is 2. The summed E-state index contributed by atoms with van der Waals surface area (Å²) in [6.45, 7) is 16.3. The molecule has 2 unspecified atom stereocenters. The van der Waals surface area contributed by atoms with Crippen LogP contribution in [0.3, 0.4) is 0 Å². The van der Waals surface area contributed by atoms with Gasteiger partial charge in [0.2, 0.25) is 0 Å². The van der Waals surface area contributed by atoms with Crippen molar-refractivity contribution in [2.45, 2.75) is 83.8 Å². The fraction of sp³-hybridized carbons (Fsp3) is 0.636. The molecule has 0 aromatic carbocycles. The van der Waals surface area contributed by atoms with Gasteiger partial charge in [0.25, 0.3) is 5.91 Å². The first-order valence-electron chi connectivity index (χ1n) is 11.0. The van der Waals surface area contributed by atoms with Crippen LogP contribution in [0.5, 0.6) is 0 Å². The number of carbonyl (C=O) groups is 2. The molecule has 11 heteroatoms. The monoisotopic (exact) mass is 495 g/mol. The second kappa shape index (κ2) is 8.55. The van der Waals surface area contributed by atoms with Crippen LogP contribution < -0.4 is 10.2 Å². The summed E-state index contributed by atoms with van der Waals surface area (Å²) in [5, 5.41) is 7.52. The Labute approximate surface area is 200 Å². The van der Waals surface area contributed by atoms with Crippen LogP contribution in [0, 0.1) is 0 Å². The number of rotatable bonds is 5. The van der Waals surface area contributed by atoms with E-state index < -0.39 is 20.0 Å². The van der Waals surface area contributed by atoms with Gasteiger partial charge in [-0.15, -0.1) is 0 Å². The summed E-state index contributed by atoms with van der Waals surface area (Å²) < 4.78 is 13.2. The summed E-state index contributed by atoms with van der Waals surface area (Å²) in [4.78, 5) is 31.1. The smallest absolute Gasteiger partial charge is 0.415 e. The predicted molar refractivity (Wildman–Crippen MR) is 131 cm³/mol. The zero-order valence-electron chi connectivity index (χ0n) is 20.8. The quantitative estimate of drug-likeness (QED) is 0.479. The number of halogens is 1. The molecule has 0 radical (unpaired) electrons. The van der Waals surface area contributed by atoms with E-state index in [1.807, 2.05) is 0 Å². The summed E-state index contributed by atoms with van der Waals surface area (Å²) >= 11 is 6.22. The molecule has 2 aromatic rings. The van der Waals surface area contributed by atoms with E-state index in [-0.39, 0.29) is 39.5 Å². The number of hydrogen-bond acceptors (Lipinski definition) is 6. The molecule has 1 N–H and O–H groups in total. The van der Waals surface area contributed by atoms with Crippen LogP contribution in [0.2, 0.25) is 23.3 Å². The van der Waals surface area contributed by atoms with Crippen molar-refractivity contribution in [3.8, 4) is 0 Å². The molecular weight excluding hydrogens is 462 g/mol. The van der Waals surface area contributed by atoms with Crippen LogP contribution in [0.15, 0.2) is 12.3 Å². The van der Waals surface area contributed by atoms with Crippen LogP contribution in [0.25, 0.3) is 5.65 Å². The molecule has 1 saturated carbocycles. The molecule has 33 heavy (non-hydrogen) atoms. The highest BCUT2D eigenvalue weighted by atomic mass is 35.5. The van der Waals surface area contributed by atoms with Crippen molar-refractivity contribution in [1.29, 1.82) is 0 Å². The van der Waals surface area contributed by atoms with E-state index in [1.54, 1.807) is 27.8 Å². The van der Waals surface area contributed by atoms with Crippen molar-refractivity contribution in [3.63, 3.8) is 0 Å². The second-order valence-electron chi connectivity index (χ2n) is 11.0. The molecule has 0 aliphatic heterocycles. The molecule has 9 nitrogen and oxygen atoms in total. The Morgan fingerprint density at radius 2 is 1.88 bits per heavy atom. The third kappa shape index (κ3) is 5.67. The number of aromatic nitrogens is 3. The topological polar surface area (TPSA) is 98.1 Å². The largest absolute Gasteiger partial charge is 0.443 e. The third-order valence-corrected chi connectivity index (χ3v) is 10.7. The van der Waals surface area contributed by atoms with E-state index in [0.717, 1.165) is 6.42 Å². The Morgan fingerprint density at radius 3 is 2.45 bits per heavy atom. The lowest BCUT2D eigenvalue weighted by Gasteiger charge is -2.36. The summed E-state index contributed by atoms with van der Waals surface area (Å²) in [5.74, 6) is 0.0285. The lowest BCUT2D eigenvalue weighted by atomic mass is 10.2. The Bertz CT molecular complexity index is 1070. The van der Waals surface area contributed by atoms with Crippen LogP contribution in [0.1, 0.15) is 58.3 Å². The van der Waals surface area contributed by atoms with Crippen LogP contribution in [-0.4, -0.2) is 59.7 Å². The molecular formula is C22H34ClN5O4Si. The minimum absolute atomic E-state index is 0.0158. The van der Waals surface area contributed by atoms with Gasteiger partial charge in [0.05, 0.1) is 18.3 Å². The minimum atomic E-state index is -1.91. The maximum Gasteiger partial charge on any atom is 0.415 e. The van der Waals surface area contributed by atoms with Crippen LogP contribution >= 0.6 is 11.6 Å². The number of anilines is 1. The molecule has 182 valence electrons. The lowest BCUT2D eigenvalue weighted by molar-refractivity contribution is 0.0587. The van der Waals surface area contributed by atoms with Crippen molar-refractivity contribution in [2.24, 2.45) is 0 Å². The Morgan fingerprint density at radius 1 is 1.24 bits per heavy atom. The zero-order valence-corrected chi connectivity index (χ0v) is 22.6. The third-order valence-electron chi connectivity index (χ3n) is 5.98. The van der Waals surface area contributed by atoms with Gasteiger partial charge in [0, 0.05) is 13.1 Å². The van der Waals surface area contributed by atoms with Gasteiger partial charge < -0.3 is 14.5 Å². The highest BCUT2D eigenvalue weighted by Gasteiger charge is 2.47. The Hall–Kier alpha value is -2.17. The summed E-state index contributed by atoms with van der Waals surface area (Å²) in [6, 6.07) is 1.45. The molecule has 1 aliphatic rings. The Balaban J connectivity index is 1.78. The number of nitrogens with one attached hydrogen (secondary N) is 1. The molecule has 2 aromatic heterocycles. The highest BCUT2D eigenvalue weighted by Crippen LogP contribution is 2.41. The first-order chi connectivity index (χ1) is 15.0. The van der Waals surface area contributed by atoms with Gasteiger partial charge in [0.15, 0.2) is 14.0 Å². The van der Waals surface area contributed by atoms with E-state index in [0.29, 0.717) is 5.82 Å². The van der Waals surface area contributed by atoms with E-state index in [9.17, 15) is 9.59 Å². The average molecular weight is 496 g/mol. The second-order valence-corrected chi connectivity index (χ2v) is 16.1. The maximum absolute atomic E-state index is 13.0. The van der Waals surface area contributed by atoms with Crippen LogP contribution in [0.4, 0.5) is 10.6 Å². The van der Waals surface area contributed by atoms with E-state index in [2.05, 4.69) is 49.3 Å². The number of carbonyl (C=O) groups excluding carboxylic acids is 2. The average Bonchev–Trinajstić information content (AvgIpc) is 3.20. The molecule has 2 amide bonds. The van der Waals surface area contributed by atoms with Crippen molar-refractivity contribution < 1.29 is 18.8 Å². The number of ether oxygens (including phenoxy) is 1. The molecule has 0 bridgehead atoms. The summed E-state index contributed by atoms with van der Waals surface area (Å²) in [7, 11) is -0.361. The molecule has 1 fully saturated rings. The number of nitrogens with zero attached hydrogens (tertiary/aromatic N) is 4. The van der Waals surface area contributed by atoms with Gasteiger partial charge in [-0.05, 0) is 45.3 Å². The van der Waals surface area contributed by atoms with Gasteiger partial charge in [-0.3, -0.25) is 9.69 Å². The SMILES string of the molecule is CN(C(=O)OC(C)(C)C)c1cc(Cl)nc2c(C(=O)NC3CC3O[Si](C)(C)C(C)(C)C)cnn12. The van der Waals surface area contributed by atoms with E-state index in [4.69, 9.17) is 20.8 Å². The molecule has 1 aliphatic carbocycles. The van der Waals surface area contributed by atoms with Gasteiger partial charge in [-0.1, -0.05) is 32.4 Å². The normalized spacial score (nSPS) is 18.8. The van der Waals surface area contributed by atoms with Crippen molar-refractivity contribution in [2.75, 3.05) is 11.9 Å². The van der Waals surface area contributed by atoms with Gasteiger partial charge >= 0.3 is 6.09 Å². The first kappa shape index (κ1) is 25.4. The highest BCUT2D eigenvalue weighted by molar-refractivity contribution is 6.74. The number of fused-ring (bicyclic) bond motifs is 1. The number of hydrogen-bond donors (Lipinski definition) is 1. The van der Waals surface area contributed by atoms with Gasteiger partial charge in [0.1, 0.15) is 22.1 Å². The standard InChI is InChI=1S/C22H34ClN5O4Si/c1-21(2,3)31-20(30)27(7)17-11-16(23)26-18-13(12-24-28(17)18)19(29)25-14-10-15(14)32-33(8,9)22(4,5)6/h11-12,14-15H,10H2,1-9H3,(H,25,29). The minimum Gasteiger partial charge on any atom is -0.443 e. The molecule has 0 spiro atoms. The van der Waals surface area contributed by atoms with E-state index >= 15 is 0 Å².